The van der Waals surface area contributed by atoms with Gasteiger partial charge in [-0.15, -0.1) is 0 Å². The van der Waals surface area contributed by atoms with Gasteiger partial charge in [0, 0.05) is 0 Å². The summed E-state index contributed by atoms with van der Waals surface area (Å²) < 4.78 is 29.8. The Morgan fingerprint density at radius 2 is 1.42 bits per heavy atom. The standard InChI is InChI=1S/C14H12O4S/c15-11-3-7-13(8-4-11)19(16,17)12-5-1-10(2-6-12)14-9-18-14/h1-8,14-15H,9H2. The summed E-state index contributed by atoms with van der Waals surface area (Å²) in [4.78, 5) is 0.406. The van der Waals surface area contributed by atoms with Crippen LogP contribution in [-0.2, 0) is 14.6 Å². The summed E-state index contributed by atoms with van der Waals surface area (Å²) in [6.45, 7) is 0.698. The van der Waals surface area contributed by atoms with Crippen LogP contribution < -0.4 is 0 Å². The van der Waals surface area contributed by atoms with Crippen LogP contribution in [0.5, 0.6) is 5.75 Å². The topological polar surface area (TPSA) is 66.9 Å². The van der Waals surface area contributed by atoms with E-state index in [1.54, 1.807) is 24.3 Å². The first-order chi connectivity index (χ1) is 9.07. The number of rotatable bonds is 3. The lowest BCUT2D eigenvalue weighted by atomic mass is 10.2. The van der Waals surface area contributed by atoms with Crippen molar-refractivity contribution < 1.29 is 18.3 Å². The van der Waals surface area contributed by atoms with Crippen LogP contribution >= 0.6 is 0 Å². The van der Waals surface area contributed by atoms with Gasteiger partial charge in [0.05, 0.1) is 16.4 Å². The van der Waals surface area contributed by atoms with E-state index in [1.165, 1.54) is 24.3 Å². The van der Waals surface area contributed by atoms with Gasteiger partial charge in [-0.05, 0) is 42.0 Å². The van der Waals surface area contributed by atoms with Crippen LogP contribution in [0.3, 0.4) is 0 Å². The van der Waals surface area contributed by atoms with Crippen molar-refractivity contribution in [2.45, 2.75) is 15.9 Å². The molecule has 0 radical (unpaired) electrons. The van der Waals surface area contributed by atoms with Gasteiger partial charge in [0.25, 0.3) is 0 Å². The molecule has 1 atom stereocenters. The second-order valence-electron chi connectivity index (χ2n) is 4.39. The van der Waals surface area contributed by atoms with Crippen molar-refractivity contribution in [3.05, 3.63) is 54.1 Å². The van der Waals surface area contributed by atoms with Gasteiger partial charge in [0.15, 0.2) is 0 Å². The maximum Gasteiger partial charge on any atom is 0.206 e. The lowest BCUT2D eigenvalue weighted by Gasteiger charge is -2.05. The van der Waals surface area contributed by atoms with Gasteiger partial charge < -0.3 is 9.84 Å². The predicted molar refractivity (Wildman–Crippen MR) is 68.7 cm³/mol. The Hall–Kier alpha value is -1.85. The first kappa shape index (κ1) is 12.2. The molecule has 0 spiro atoms. The van der Waals surface area contributed by atoms with Crippen molar-refractivity contribution in [1.29, 1.82) is 0 Å². The number of hydrogen-bond donors (Lipinski definition) is 1. The molecule has 1 fully saturated rings. The van der Waals surface area contributed by atoms with E-state index < -0.39 is 9.84 Å². The number of epoxide rings is 1. The van der Waals surface area contributed by atoms with E-state index in [-0.39, 0.29) is 21.6 Å². The number of phenols is 1. The average molecular weight is 276 g/mol. The maximum absolute atomic E-state index is 12.3. The summed E-state index contributed by atoms with van der Waals surface area (Å²) >= 11 is 0. The summed E-state index contributed by atoms with van der Waals surface area (Å²) in [7, 11) is -3.53. The van der Waals surface area contributed by atoms with E-state index in [0.29, 0.717) is 6.61 Å². The highest BCUT2D eigenvalue weighted by molar-refractivity contribution is 7.91. The van der Waals surface area contributed by atoms with Crippen LogP contribution in [0.2, 0.25) is 0 Å². The molecule has 0 bridgehead atoms. The Bertz CT molecular complexity index is 683. The van der Waals surface area contributed by atoms with E-state index in [1.807, 2.05) is 0 Å². The van der Waals surface area contributed by atoms with Crippen molar-refractivity contribution in [1.82, 2.24) is 0 Å². The maximum atomic E-state index is 12.3. The fourth-order valence-corrected chi connectivity index (χ4v) is 3.12. The van der Waals surface area contributed by atoms with Crippen LogP contribution in [0.4, 0.5) is 0 Å². The molecule has 0 amide bonds. The second-order valence-corrected chi connectivity index (χ2v) is 6.34. The first-order valence-corrected chi connectivity index (χ1v) is 7.31. The Kier molecular flexibility index (Phi) is 2.80. The number of benzene rings is 2. The minimum atomic E-state index is -3.53. The summed E-state index contributed by atoms with van der Waals surface area (Å²) in [5, 5.41) is 9.19. The van der Waals surface area contributed by atoms with Crippen molar-refractivity contribution in [2.75, 3.05) is 6.61 Å². The molecule has 5 heteroatoms. The Labute approximate surface area is 111 Å². The van der Waals surface area contributed by atoms with Crippen LogP contribution in [0.1, 0.15) is 11.7 Å². The zero-order valence-electron chi connectivity index (χ0n) is 9.98. The molecule has 1 unspecified atom stereocenters. The fraction of sp³-hybridized carbons (Fsp3) is 0.143. The molecule has 3 rings (SSSR count). The average Bonchev–Trinajstić information content (AvgIpc) is 3.24. The highest BCUT2D eigenvalue weighted by atomic mass is 32.2. The largest absolute Gasteiger partial charge is 0.508 e. The molecular formula is C14H12O4S. The summed E-state index contributed by atoms with van der Waals surface area (Å²) in [6.07, 6.45) is 0.116. The van der Waals surface area contributed by atoms with Crippen LogP contribution in [0.25, 0.3) is 0 Å². The minimum Gasteiger partial charge on any atom is -0.508 e. The highest BCUT2D eigenvalue weighted by Gasteiger charge is 2.25. The molecule has 1 N–H and O–H groups in total. The molecule has 1 aliphatic heterocycles. The molecule has 1 heterocycles. The molecule has 1 saturated heterocycles. The molecule has 1 aliphatic rings. The van der Waals surface area contributed by atoms with Gasteiger partial charge in [0.1, 0.15) is 11.9 Å². The predicted octanol–water partition coefficient (Wildman–Crippen LogP) is 2.30. The Morgan fingerprint density at radius 1 is 0.947 bits per heavy atom. The van der Waals surface area contributed by atoms with Gasteiger partial charge >= 0.3 is 0 Å². The monoisotopic (exact) mass is 276 g/mol. The lowest BCUT2D eigenvalue weighted by Crippen LogP contribution is -2.01. The second kappa shape index (κ2) is 4.36. The molecule has 98 valence electrons. The molecule has 0 aliphatic carbocycles. The van der Waals surface area contributed by atoms with Crippen molar-refractivity contribution in [3.8, 4) is 5.75 Å². The van der Waals surface area contributed by atoms with Gasteiger partial charge in [-0.25, -0.2) is 8.42 Å². The number of ether oxygens (including phenoxy) is 1. The first-order valence-electron chi connectivity index (χ1n) is 5.83. The van der Waals surface area contributed by atoms with Crippen LogP contribution in [0.15, 0.2) is 58.3 Å². The molecule has 4 nitrogen and oxygen atoms in total. The third-order valence-electron chi connectivity index (χ3n) is 3.04. The zero-order valence-corrected chi connectivity index (χ0v) is 10.8. The fourth-order valence-electron chi connectivity index (χ4n) is 1.86. The molecule has 0 aromatic heterocycles. The third kappa shape index (κ3) is 2.34. The Morgan fingerprint density at radius 3 is 1.89 bits per heavy atom. The van der Waals surface area contributed by atoms with Crippen molar-refractivity contribution in [2.24, 2.45) is 0 Å². The van der Waals surface area contributed by atoms with Crippen molar-refractivity contribution >= 4 is 9.84 Å². The number of phenolic OH excluding ortho intramolecular Hbond substituents is 1. The zero-order chi connectivity index (χ0) is 13.5. The van der Waals surface area contributed by atoms with E-state index in [0.717, 1.165) is 5.56 Å². The quantitative estimate of drug-likeness (QED) is 0.873. The number of sulfone groups is 1. The minimum absolute atomic E-state index is 0.0418. The van der Waals surface area contributed by atoms with Gasteiger partial charge in [-0.3, -0.25) is 0 Å². The van der Waals surface area contributed by atoms with Crippen LogP contribution in [-0.4, -0.2) is 20.1 Å². The Balaban J connectivity index is 1.96. The van der Waals surface area contributed by atoms with E-state index in [2.05, 4.69) is 0 Å². The number of aromatic hydroxyl groups is 1. The summed E-state index contributed by atoms with van der Waals surface area (Å²) in [5.74, 6) is 0.0418. The van der Waals surface area contributed by atoms with Crippen molar-refractivity contribution in [3.63, 3.8) is 0 Å². The molecule has 0 saturated carbocycles. The van der Waals surface area contributed by atoms with Gasteiger partial charge in [-0.2, -0.15) is 0 Å². The summed E-state index contributed by atoms with van der Waals surface area (Å²) in [5.41, 5.74) is 0.990. The summed E-state index contributed by atoms with van der Waals surface area (Å²) in [6, 6.07) is 12.2. The van der Waals surface area contributed by atoms with E-state index in [9.17, 15) is 13.5 Å². The molecule has 2 aromatic carbocycles. The SMILES string of the molecule is O=S(=O)(c1ccc(O)cc1)c1ccc(C2CO2)cc1. The smallest absolute Gasteiger partial charge is 0.206 e. The highest BCUT2D eigenvalue weighted by Crippen LogP contribution is 2.31. The normalized spacial score (nSPS) is 18.2. The van der Waals surface area contributed by atoms with E-state index in [4.69, 9.17) is 4.74 Å². The molecular weight excluding hydrogens is 264 g/mol. The third-order valence-corrected chi connectivity index (χ3v) is 4.83. The number of hydrogen-bond acceptors (Lipinski definition) is 4. The lowest BCUT2D eigenvalue weighted by molar-refractivity contribution is 0.415. The van der Waals surface area contributed by atoms with Crippen LogP contribution in [0, 0.1) is 0 Å². The molecule has 19 heavy (non-hydrogen) atoms. The van der Waals surface area contributed by atoms with Gasteiger partial charge in [0.2, 0.25) is 9.84 Å². The molecule has 2 aromatic rings. The van der Waals surface area contributed by atoms with Gasteiger partial charge in [-0.1, -0.05) is 12.1 Å². The van der Waals surface area contributed by atoms with E-state index >= 15 is 0 Å².